The number of methoxy groups -OCH3 is 1. The summed E-state index contributed by atoms with van der Waals surface area (Å²) in [5, 5.41) is 17.4. The zero-order chi connectivity index (χ0) is 24.0. The first-order chi connectivity index (χ1) is 15.8. The molecule has 0 unspecified atom stereocenters. The van der Waals surface area contributed by atoms with Crippen LogP contribution >= 0.6 is 11.6 Å². The Morgan fingerprint density at radius 1 is 0.970 bits per heavy atom. The number of benzene rings is 3. The van der Waals surface area contributed by atoms with Crippen molar-refractivity contribution < 1.29 is 24.0 Å². The third-order valence-electron chi connectivity index (χ3n) is 4.55. The summed E-state index contributed by atoms with van der Waals surface area (Å²) < 4.78 is 10.6. The molecule has 2 amide bonds. The molecule has 0 atom stereocenters. The highest BCUT2D eigenvalue weighted by Gasteiger charge is 2.25. The smallest absolute Gasteiger partial charge is 0.286 e. The maximum Gasteiger partial charge on any atom is 0.286 e. The van der Waals surface area contributed by atoms with E-state index >= 15 is 0 Å². The summed E-state index contributed by atoms with van der Waals surface area (Å²) in [6, 6.07) is 15.2. The fourth-order valence-electron chi connectivity index (χ4n) is 3.00. The molecule has 0 aliphatic heterocycles. The average molecular weight is 470 g/mol. The van der Waals surface area contributed by atoms with Gasteiger partial charge in [-0.3, -0.25) is 19.7 Å². The predicted molar refractivity (Wildman–Crippen MR) is 125 cm³/mol. The maximum absolute atomic E-state index is 13.0. The van der Waals surface area contributed by atoms with Crippen molar-refractivity contribution in [3.63, 3.8) is 0 Å². The van der Waals surface area contributed by atoms with Gasteiger partial charge in [-0.2, -0.15) is 0 Å². The Balaban J connectivity index is 1.91. The van der Waals surface area contributed by atoms with Crippen LogP contribution in [0.25, 0.3) is 0 Å². The highest BCUT2D eigenvalue weighted by atomic mass is 35.5. The monoisotopic (exact) mass is 469 g/mol. The zero-order valence-corrected chi connectivity index (χ0v) is 18.5. The van der Waals surface area contributed by atoms with Gasteiger partial charge < -0.3 is 20.1 Å². The topological polar surface area (TPSA) is 120 Å². The molecule has 170 valence electrons. The first kappa shape index (κ1) is 23.6. The molecular formula is C23H20ClN3O6. The third kappa shape index (κ3) is 5.58. The molecule has 0 spiro atoms. The minimum Gasteiger partial charge on any atom is -0.493 e. The first-order valence-corrected chi connectivity index (χ1v) is 10.2. The van der Waals surface area contributed by atoms with Crippen LogP contribution in [0.2, 0.25) is 5.02 Å². The molecule has 9 nitrogen and oxygen atoms in total. The van der Waals surface area contributed by atoms with Gasteiger partial charge in [0.1, 0.15) is 5.56 Å². The van der Waals surface area contributed by atoms with Crippen molar-refractivity contribution in [2.45, 2.75) is 6.92 Å². The number of nitrogens with one attached hydrogen (secondary N) is 2. The lowest BCUT2D eigenvalue weighted by molar-refractivity contribution is -0.385. The van der Waals surface area contributed by atoms with Gasteiger partial charge in [0.15, 0.2) is 11.5 Å². The normalized spacial score (nSPS) is 10.3. The van der Waals surface area contributed by atoms with E-state index in [-0.39, 0.29) is 29.4 Å². The minimum absolute atomic E-state index is 0.135. The first-order valence-electron chi connectivity index (χ1n) is 9.80. The summed E-state index contributed by atoms with van der Waals surface area (Å²) in [6.45, 7) is 2.01. The van der Waals surface area contributed by atoms with Crippen molar-refractivity contribution in [2.24, 2.45) is 0 Å². The standard InChI is InChI=1S/C23H20ClN3O6/c1-3-33-21-12-16(19(27(30)31)13-20(21)32-2)23(29)26-18-7-5-4-6-17(18)25-22(28)14-8-10-15(24)11-9-14/h4-13H,3H2,1-2H3,(H,25,28)(H,26,29). The predicted octanol–water partition coefficient (Wildman–Crippen LogP) is 5.16. The molecule has 10 heteroatoms. The van der Waals surface area contributed by atoms with E-state index in [1.165, 1.54) is 13.2 Å². The zero-order valence-electron chi connectivity index (χ0n) is 17.8. The number of amides is 2. The summed E-state index contributed by atoms with van der Waals surface area (Å²) in [7, 11) is 1.35. The lowest BCUT2D eigenvalue weighted by Crippen LogP contribution is -2.18. The Hall–Kier alpha value is -4.11. The summed E-state index contributed by atoms with van der Waals surface area (Å²) in [5.74, 6) is -0.836. The van der Waals surface area contributed by atoms with Crippen LogP contribution in [0.3, 0.4) is 0 Å². The molecule has 3 aromatic rings. The highest BCUT2D eigenvalue weighted by molar-refractivity contribution is 6.30. The quantitative estimate of drug-likeness (QED) is 0.347. The molecule has 33 heavy (non-hydrogen) atoms. The van der Waals surface area contributed by atoms with Gasteiger partial charge in [-0.1, -0.05) is 23.7 Å². The van der Waals surface area contributed by atoms with Gasteiger partial charge in [0.05, 0.1) is 36.1 Å². The van der Waals surface area contributed by atoms with E-state index < -0.39 is 22.4 Å². The molecular weight excluding hydrogens is 450 g/mol. The van der Waals surface area contributed by atoms with E-state index in [1.807, 2.05) is 0 Å². The second kappa shape index (κ2) is 10.5. The Kier molecular flexibility index (Phi) is 7.47. The molecule has 0 radical (unpaired) electrons. The number of nitrogens with zero attached hydrogens (tertiary/aromatic N) is 1. The number of para-hydroxylation sites is 2. The molecule has 0 saturated carbocycles. The van der Waals surface area contributed by atoms with E-state index in [4.69, 9.17) is 21.1 Å². The van der Waals surface area contributed by atoms with E-state index in [1.54, 1.807) is 55.5 Å². The SMILES string of the molecule is CCOc1cc(C(=O)Nc2ccccc2NC(=O)c2ccc(Cl)cc2)c([N+](=O)[O-])cc1OC. The van der Waals surface area contributed by atoms with Gasteiger partial charge in [0.25, 0.3) is 17.5 Å². The largest absolute Gasteiger partial charge is 0.493 e. The summed E-state index contributed by atoms with van der Waals surface area (Å²) in [4.78, 5) is 36.5. The Labute approximate surface area is 194 Å². The van der Waals surface area contributed by atoms with Crippen molar-refractivity contribution in [1.29, 1.82) is 0 Å². The number of carbonyl (C=O) groups excluding carboxylic acids is 2. The van der Waals surface area contributed by atoms with E-state index in [9.17, 15) is 19.7 Å². The van der Waals surface area contributed by atoms with E-state index in [2.05, 4.69) is 10.6 Å². The molecule has 0 aromatic heterocycles. The molecule has 0 aliphatic carbocycles. The second-order valence-electron chi connectivity index (χ2n) is 6.67. The number of ether oxygens (including phenoxy) is 2. The van der Waals surface area contributed by atoms with Crippen LogP contribution in [0, 0.1) is 10.1 Å². The Morgan fingerprint density at radius 3 is 2.12 bits per heavy atom. The van der Waals surface area contributed by atoms with E-state index in [0.717, 1.165) is 6.07 Å². The van der Waals surface area contributed by atoms with Crippen LogP contribution < -0.4 is 20.1 Å². The fourth-order valence-corrected chi connectivity index (χ4v) is 3.12. The van der Waals surface area contributed by atoms with Gasteiger partial charge in [0.2, 0.25) is 0 Å². The van der Waals surface area contributed by atoms with Crippen LogP contribution in [-0.4, -0.2) is 30.5 Å². The number of halogens is 1. The maximum atomic E-state index is 13.0. The van der Waals surface area contributed by atoms with Crippen LogP contribution in [0.5, 0.6) is 11.5 Å². The van der Waals surface area contributed by atoms with Crippen molar-refractivity contribution in [1.82, 2.24) is 0 Å². The van der Waals surface area contributed by atoms with E-state index in [0.29, 0.717) is 16.3 Å². The lowest BCUT2D eigenvalue weighted by Gasteiger charge is -2.14. The Morgan fingerprint density at radius 2 is 1.58 bits per heavy atom. The highest BCUT2D eigenvalue weighted by Crippen LogP contribution is 2.35. The Bertz CT molecular complexity index is 1200. The molecule has 0 fully saturated rings. The van der Waals surface area contributed by atoms with Crippen LogP contribution in [0.15, 0.2) is 60.7 Å². The number of hydrogen-bond acceptors (Lipinski definition) is 6. The average Bonchev–Trinajstić information content (AvgIpc) is 2.80. The van der Waals surface area contributed by atoms with Gasteiger partial charge in [-0.05, 0) is 43.3 Å². The molecule has 0 aliphatic rings. The summed E-state index contributed by atoms with van der Waals surface area (Å²) in [5.41, 5.74) is 0.270. The third-order valence-corrected chi connectivity index (χ3v) is 4.80. The van der Waals surface area contributed by atoms with Crippen molar-refractivity contribution >= 4 is 40.5 Å². The molecule has 2 N–H and O–H groups in total. The van der Waals surface area contributed by atoms with Crippen molar-refractivity contribution in [3.05, 3.63) is 86.9 Å². The molecule has 3 aromatic carbocycles. The van der Waals surface area contributed by atoms with Gasteiger partial charge in [-0.15, -0.1) is 0 Å². The number of rotatable bonds is 8. The fraction of sp³-hybridized carbons (Fsp3) is 0.130. The minimum atomic E-state index is -0.751. The number of nitro benzene ring substituents is 1. The van der Waals surface area contributed by atoms with Crippen LogP contribution in [0.1, 0.15) is 27.6 Å². The molecule has 0 bridgehead atoms. The van der Waals surface area contributed by atoms with Gasteiger partial charge in [0, 0.05) is 16.7 Å². The van der Waals surface area contributed by atoms with Crippen molar-refractivity contribution in [2.75, 3.05) is 24.4 Å². The number of hydrogen-bond donors (Lipinski definition) is 2. The summed E-state index contributed by atoms with van der Waals surface area (Å²) in [6.07, 6.45) is 0. The molecule has 0 saturated heterocycles. The van der Waals surface area contributed by atoms with Gasteiger partial charge >= 0.3 is 0 Å². The number of anilines is 2. The van der Waals surface area contributed by atoms with Crippen LogP contribution in [0.4, 0.5) is 17.1 Å². The second-order valence-corrected chi connectivity index (χ2v) is 7.11. The summed E-state index contributed by atoms with van der Waals surface area (Å²) >= 11 is 5.86. The molecule has 0 heterocycles. The molecule has 3 rings (SSSR count). The lowest BCUT2D eigenvalue weighted by atomic mass is 10.1. The van der Waals surface area contributed by atoms with Gasteiger partial charge in [-0.25, -0.2) is 0 Å². The van der Waals surface area contributed by atoms with Crippen LogP contribution in [-0.2, 0) is 0 Å². The number of carbonyl (C=O) groups is 2. The van der Waals surface area contributed by atoms with Crippen molar-refractivity contribution in [3.8, 4) is 11.5 Å². The number of nitro groups is 1.